The van der Waals surface area contributed by atoms with E-state index in [4.69, 9.17) is 9.47 Å². The number of fused-ring (bicyclic) bond motifs is 2. The molecular formula is C25H28N4O5. The largest absolute Gasteiger partial charge is 0.454 e. The Morgan fingerprint density at radius 3 is 2.53 bits per heavy atom. The maximum absolute atomic E-state index is 13.2. The monoisotopic (exact) mass is 464 g/mol. The van der Waals surface area contributed by atoms with Crippen LogP contribution in [0.1, 0.15) is 43.1 Å². The lowest BCUT2D eigenvalue weighted by atomic mass is 10.0. The third-order valence-electron chi connectivity index (χ3n) is 5.70. The Labute approximate surface area is 197 Å². The molecule has 3 aromatic rings. The highest BCUT2D eigenvalue weighted by atomic mass is 16.7. The van der Waals surface area contributed by atoms with Crippen molar-refractivity contribution in [3.05, 3.63) is 64.2 Å². The summed E-state index contributed by atoms with van der Waals surface area (Å²) in [4.78, 5) is 43.3. The van der Waals surface area contributed by atoms with Gasteiger partial charge < -0.3 is 24.7 Å². The van der Waals surface area contributed by atoms with Crippen molar-refractivity contribution in [3.63, 3.8) is 0 Å². The summed E-state index contributed by atoms with van der Waals surface area (Å²) in [5.74, 6) is 0.295. The second-order valence-corrected chi connectivity index (χ2v) is 8.61. The number of amides is 2. The standard InChI is InChI=1S/C25H28N4O5/c1-4-29-13-18(23(30)17-10-21-22(11-20(17)29)34-14-33-21)24(31)28-19(9-15(2)3)25(32)27-12-16-5-7-26-8-6-16/h5-8,10-11,13,15,19H,4,9,12,14H2,1-3H3,(H,27,32)(H,28,31)/t19-/m1/s1. The van der Waals surface area contributed by atoms with E-state index in [1.54, 1.807) is 24.5 Å². The predicted octanol–water partition coefficient (Wildman–Crippen LogP) is 2.61. The van der Waals surface area contributed by atoms with Gasteiger partial charge in [-0.25, -0.2) is 0 Å². The molecule has 9 nitrogen and oxygen atoms in total. The van der Waals surface area contributed by atoms with E-state index in [1.165, 1.54) is 6.20 Å². The first-order chi connectivity index (χ1) is 16.4. The van der Waals surface area contributed by atoms with Gasteiger partial charge in [0, 0.05) is 37.7 Å². The van der Waals surface area contributed by atoms with E-state index in [2.05, 4.69) is 15.6 Å². The van der Waals surface area contributed by atoms with Gasteiger partial charge in [-0.2, -0.15) is 0 Å². The van der Waals surface area contributed by atoms with E-state index in [0.29, 0.717) is 41.9 Å². The predicted molar refractivity (Wildman–Crippen MR) is 127 cm³/mol. The van der Waals surface area contributed by atoms with Gasteiger partial charge in [0.1, 0.15) is 11.6 Å². The molecule has 2 amide bonds. The Kier molecular flexibility index (Phi) is 6.81. The number of ether oxygens (including phenoxy) is 2. The zero-order valence-corrected chi connectivity index (χ0v) is 19.5. The van der Waals surface area contributed by atoms with Crippen LogP contribution < -0.4 is 25.5 Å². The zero-order chi connectivity index (χ0) is 24.2. The summed E-state index contributed by atoms with van der Waals surface area (Å²) >= 11 is 0. The van der Waals surface area contributed by atoms with Crippen molar-refractivity contribution in [3.8, 4) is 11.5 Å². The van der Waals surface area contributed by atoms with Crippen LogP contribution in [0, 0.1) is 5.92 Å². The van der Waals surface area contributed by atoms with Crippen molar-refractivity contribution in [2.24, 2.45) is 5.92 Å². The van der Waals surface area contributed by atoms with E-state index in [-0.39, 0.29) is 24.2 Å². The fourth-order valence-corrected chi connectivity index (χ4v) is 3.96. The van der Waals surface area contributed by atoms with E-state index in [0.717, 1.165) is 5.56 Å². The molecule has 2 N–H and O–H groups in total. The lowest BCUT2D eigenvalue weighted by molar-refractivity contribution is -0.123. The maximum atomic E-state index is 13.2. The van der Waals surface area contributed by atoms with Crippen LogP contribution in [-0.4, -0.2) is 34.2 Å². The first-order valence-corrected chi connectivity index (χ1v) is 11.3. The number of hydrogen-bond donors (Lipinski definition) is 2. The number of aromatic nitrogens is 2. The highest BCUT2D eigenvalue weighted by molar-refractivity contribution is 6.00. The number of carbonyl (C=O) groups excluding carboxylic acids is 2. The molecule has 4 rings (SSSR count). The molecule has 1 aromatic carbocycles. The van der Waals surface area contributed by atoms with E-state index >= 15 is 0 Å². The van der Waals surface area contributed by atoms with Gasteiger partial charge in [-0.15, -0.1) is 0 Å². The molecule has 9 heteroatoms. The number of rotatable bonds is 8. The summed E-state index contributed by atoms with van der Waals surface area (Å²) in [6.45, 7) is 6.81. The molecule has 1 aliphatic heterocycles. The number of benzene rings is 1. The smallest absolute Gasteiger partial charge is 0.257 e. The Balaban J connectivity index is 1.60. The molecule has 0 saturated heterocycles. The topological polar surface area (TPSA) is 112 Å². The number of hydrogen-bond acceptors (Lipinski definition) is 6. The summed E-state index contributed by atoms with van der Waals surface area (Å²) in [6, 6.07) is 6.19. The van der Waals surface area contributed by atoms with E-state index in [1.807, 2.05) is 37.5 Å². The van der Waals surface area contributed by atoms with Gasteiger partial charge in [0.2, 0.25) is 18.1 Å². The quantitative estimate of drug-likeness (QED) is 0.530. The molecule has 0 fully saturated rings. The van der Waals surface area contributed by atoms with Crippen molar-refractivity contribution < 1.29 is 19.1 Å². The Morgan fingerprint density at radius 2 is 1.85 bits per heavy atom. The molecule has 0 unspecified atom stereocenters. The van der Waals surface area contributed by atoms with Gasteiger partial charge >= 0.3 is 0 Å². The third-order valence-corrected chi connectivity index (χ3v) is 5.70. The average Bonchev–Trinajstić information content (AvgIpc) is 3.29. The highest BCUT2D eigenvalue weighted by Crippen LogP contribution is 2.35. The van der Waals surface area contributed by atoms with Crippen LogP contribution in [0.5, 0.6) is 11.5 Å². The minimum absolute atomic E-state index is 0.0242. The Hall–Kier alpha value is -3.88. The van der Waals surface area contributed by atoms with Crippen LogP contribution in [0.15, 0.2) is 47.7 Å². The number of nitrogens with zero attached hydrogens (tertiary/aromatic N) is 2. The van der Waals surface area contributed by atoms with Crippen LogP contribution in [0.25, 0.3) is 10.9 Å². The molecule has 0 aliphatic carbocycles. The molecule has 2 aromatic heterocycles. The van der Waals surface area contributed by atoms with Gasteiger partial charge in [-0.3, -0.25) is 19.4 Å². The van der Waals surface area contributed by atoms with Crippen LogP contribution in [-0.2, 0) is 17.9 Å². The number of nitrogens with one attached hydrogen (secondary N) is 2. The molecule has 0 bridgehead atoms. The van der Waals surface area contributed by atoms with Gasteiger partial charge in [0.25, 0.3) is 5.91 Å². The fourth-order valence-electron chi connectivity index (χ4n) is 3.96. The molecule has 178 valence electrons. The van der Waals surface area contributed by atoms with Gasteiger partial charge in [-0.05, 0) is 43.0 Å². The molecular weight excluding hydrogens is 436 g/mol. The molecule has 0 saturated carbocycles. The van der Waals surface area contributed by atoms with Crippen LogP contribution in [0.3, 0.4) is 0 Å². The van der Waals surface area contributed by atoms with Crippen molar-refractivity contribution in [1.82, 2.24) is 20.2 Å². The molecule has 1 aliphatic rings. The maximum Gasteiger partial charge on any atom is 0.257 e. The molecule has 1 atom stereocenters. The Morgan fingerprint density at radius 1 is 1.15 bits per heavy atom. The normalized spacial score (nSPS) is 13.2. The van der Waals surface area contributed by atoms with Gasteiger partial charge in [0.05, 0.1) is 10.9 Å². The van der Waals surface area contributed by atoms with Crippen molar-refractivity contribution in [2.75, 3.05) is 6.79 Å². The third kappa shape index (κ3) is 4.88. The van der Waals surface area contributed by atoms with Gasteiger partial charge in [-0.1, -0.05) is 13.8 Å². The van der Waals surface area contributed by atoms with Crippen molar-refractivity contribution in [1.29, 1.82) is 0 Å². The number of carbonyl (C=O) groups is 2. The zero-order valence-electron chi connectivity index (χ0n) is 19.5. The lowest BCUT2D eigenvalue weighted by Gasteiger charge is -2.21. The highest BCUT2D eigenvalue weighted by Gasteiger charge is 2.25. The number of pyridine rings is 2. The second-order valence-electron chi connectivity index (χ2n) is 8.61. The first-order valence-electron chi connectivity index (χ1n) is 11.3. The second kappa shape index (κ2) is 9.94. The fraction of sp³-hybridized carbons (Fsp3) is 0.360. The lowest BCUT2D eigenvalue weighted by Crippen LogP contribution is -2.48. The van der Waals surface area contributed by atoms with Crippen LogP contribution in [0.2, 0.25) is 0 Å². The molecule has 3 heterocycles. The minimum atomic E-state index is -0.781. The summed E-state index contributed by atoms with van der Waals surface area (Å²) in [7, 11) is 0. The average molecular weight is 465 g/mol. The SMILES string of the molecule is CCn1cc(C(=O)N[C@H](CC(C)C)C(=O)NCc2ccncc2)c(=O)c2cc3c(cc21)OCO3. The van der Waals surface area contributed by atoms with Gasteiger partial charge in [0.15, 0.2) is 11.5 Å². The molecule has 0 spiro atoms. The van der Waals surface area contributed by atoms with Crippen molar-refractivity contribution >= 4 is 22.7 Å². The first kappa shape index (κ1) is 23.3. The molecule has 34 heavy (non-hydrogen) atoms. The Bertz CT molecular complexity index is 1270. The van der Waals surface area contributed by atoms with Crippen LogP contribution >= 0.6 is 0 Å². The summed E-state index contributed by atoms with van der Waals surface area (Å²) in [5, 5.41) is 6.00. The van der Waals surface area contributed by atoms with Crippen LogP contribution in [0.4, 0.5) is 0 Å². The van der Waals surface area contributed by atoms with E-state index < -0.39 is 17.4 Å². The summed E-state index contributed by atoms with van der Waals surface area (Å²) < 4.78 is 12.7. The minimum Gasteiger partial charge on any atom is -0.454 e. The summed E-state index contributed by atoms with van der Waals surface area (Å²) in [5.41, 5.74) is 1.11. The van der Waals surface area contributed by atoms with E-state index in [9.17, 15) is 14.4 Å². The summed E-state index contributed by atoms with van der Waals surface area (Å²) in [6.07, 6.45) is 5.27. The van der Waals surface area contributed by atoms with Crippen molar-refractivity contribution in [2.45, 2.75) is 46.3 Å². The number of aryl methyl sites for hydroxylation is 1. The molecule has 0 radical (unpaired) electrons.